The summed E-state index contributed by atoms with van der Waals surface area (Å²) in [6, 6.07) is 12.0. The minimum Gasteiger partial charge on any atom is -0.488 e. The first-order valence-electron chi connectivity index (χ1n) is 9.88. The molecule has 1 aliphatic rings. The zero-order valence-corrected chi connectivity index (χ0v) is 20.0. The van der Waals surface area contributed by atoms with Crippen molar-refractivity contribution in [3.63, 3.8) is 0 Å². The van der Waals surface area contributed by atoms with Crippen LogP contribution in [0.4, 0.5) is 27.6 Å². The van der Waals surface area contributed by atoms with Gasteiger partial charge >= 0.3 is 0 Å². The predicted molar refractivity (Wildman–Crippen MR) is 125 cm³/mol. The molecule has 4 rings (SSSR count). The van der Waals surface area contributed by atoms with E-state index in [1.165, 1.54) is 13.0 Å². The number of hydrogen-bond acceptors (Lipinski definition) is 3. The van der Waals surface area contributed by atoms with E-state index in [2.05, 4.69) is 21.0 Å². The van der Waals surface area contributed by atoms with Gasteiger partial charge < -0.3 is 4.74 Å². The number of nitrogens with zero attached hydrogens (tertiary/aromatic N) is 2. The van der Waals surface area contributed by atoms with Crippen molar-refractivity contribution in [1.29, 1.82) is 0 Å². The lowest BCUT2D eigenvalue weighted by molar-refractivity contribution is -0.114. The van der Waals surface area contributed by atoms with Crippen LogP contribution in [0.5, 0.6) is 5.75 Å². The van der Waals surface area contributed by atoms with Crippen LogP contribution in [0.15, 0.2) is 57.6 Å². The summed E-state index contributed by atoms with van der Waals surface area (Å²) in [6.45, 7) is 1.62. The molecular formula is C24H13BrClF5N2O2. The minimum absolute atomic E-state index is 0.0244. The maximum absolute atomic E-state index is 14.2. The number of ether oxygens (including phenoxy) is 1. The molecular weight excluding hydrogens is 559 g/mol. The fourth-order valence-corrected chi connectivity index (χ4v) is 4.02. The average molecular weight is 572 g/mol. The molecule has 0 fully saturated rings. The molecule has 0 atom stereocenters. The largest absolute Gasteiger partial charge is 0.488 e. The molecule has 0 saturated carbocycles. The van der Waals surface area contributed by atoms with Crippen molar-refractivity contribution in [1.82, 2.24) is 0 Å². The lowest BCUT2D eigenvalue weighted by atomic mass is 10.1. The number of carbonyl (C=O) groups is 1. The van der Waals surface area contributed by atoms with Gasteiger partial charge in [-0.1, -0.05) is 29.8 Å². The number of halogens is 7. The number of hydrazone groups is 1. The van der Waals surface area contributed by atoms with Crippen molar-refractivity contribution < 1.29 is 31.5 Å². The number of benzene rings is 3. The molecule has 0 aliphatic carbocycles. The van der Waals surface area contributed by atoms with Crippen LogP contribution < -0.4 is 9.75 Å². The van der Waals surface area contributed by atoms with E-state index in [-0.39, 0.29) is 22.9 Å². The zero-order valence-electron chi connectivity index (χ0n) is 17.7. The van der Waals surface area contributed by atoms with Gasteiger partial charge in [-0.25, -0.2) is 22.0 Å². The molecule has 1 aliphatic heterocycles. The molecule has 4 nitrogen and oxygen atoms in total. The number of amides is 1. The van der Waals surface area contributed by atoms with Crippen LogP contribution in [0.3, 0.4) is 0 Å². The number of carbonyl (C=O) groups excluding carboxylic acids is 1. The Labute approximate surface area is 209 Å². The molecule has 0 spiro atoms. The van der Waals surface area contributed by atoms with Gasteiger partial charge in [0.05, 0.1) is 15.8 Å². The lowest BCUT2D eigenvalue weighted by Gasteiger charge is -2.15. The minimum atomic E-state index is -2.32. The van der Waals surface area contributed by atoms with Gasteiger partial charge in [-0.2, -0.15) is 10.1 Å². The van der Waals surface area contributed by atoms with Crippen molar-refractivity contribution in [2.45, 2.75) is 13.5 Å². The second kappa shape index (κ2) is 9.79. The highest BCUT2D eigenvalue weighted by Crippen LogP contribution is 2.34. The first kappa shape index (κ1) is 24.9. The van der Waals surface area contributed by atoms with E-state index in [0.29, 0.717) is 20.8 Å². The molecule has 35 heavy (non-hydrogen) atoms. The number of anilines is 1. The van der Waals surface area contributed by atoms with Gasteiger partial charge in [-0.3, -0.25) is 4.79 Å². The topological polar surface area (TPSA) is 41.9 Å². The molecule has 0 bridgehead atoms. The van der Waals surface area contributed by atoms with Gasteiger partial charge in [0.25, 0.3) is 5.91 Å². The van der Waals surface area contributed by atoms with Crippen LogP contribution in [-0.4, -0.2) is 11.6 Å². The SMILES string of the molecule is CC1=NN(c2c(F)c(F)c(F)c(F)c2F)C(=O)/C1=C\c1ccc(OCc2cccc(Cl)c2)c(Br)c1. The Hall–Kier alpha value is -3.24. The fraction of sp³-hybridized carbons (Fsp3) is 0.0833. The van der Waals surface area contributed by atoms with E-state index in [0.717, 1.165) is 5.56 Å². The molecule has 0 saturated heterocycles. The highest BCUT2D eigenvalue weighted by atomic mass is 79.9. The van der Waals surface area contributed by atoms with E-state index >= 15 is 0 Å². The summed E-state index contributed by atoms with van der Waals surface area (Å²) >= 11 is 9.35. The van der Waals surface area contributed by atoms with Crippen molar-refractivity contribution in [3.05, 3.63) is 97.7 Å². The molecule has 3 aromatic rings. The molecule has 11 heteroatoms. The summed E-state index contributed by atoms with van der Waals surface area (Å²) in [5.41, 5.74) is -0.166. The molecule has 0 radical (unpaired) electrons. The summed E-state index contributed by atoms with van der Waals surface area (Å²) < 4.78 is 75.3. The van der Waals surface area contributed by atoms with Crippen molar-refractivity contribution >= 4 is 50.9 Å². The third-order valence-corrected chi connectivity index (χ3v) is 5.87. The van der Waals surface area contributed by atoms with Crippen molar-refractivity contribution in [2.24, 2.45) is 5.10 Å². The van der Waals surface area contributed by atoms with E-state index in [9.17, 15) is 26.7 Å². The maximum atomic E-state index is 14.2. The average Bonchev–Trinajstić information content (AvgIpc) is 3.09. The van der Waals surface area contributed by atoms with Crippen molar-refractivity contribution in [3.8, 4) is 5.75 Å². The fourth-order valence-electron chi connectivity index (χ4n) is 3.29. The molecule has 1 heterocycles. The van der Waals surface area contributed by atoms with E-state index in [4.69, 9.17) is 16.3 Å². The zero-order chi connectivity index (χ0) is 25.4. The van der Waals surface area contributed by atoms with Gasteiger partial charge in [-0.15, -0.1) is 0 Å². The van der Waals surface area contributed by atoms with Crippen molar-refractivity contribution in [2.75, 3.05) is 5.01 Å². The van der Waals surface area contributed by atoms with Gasteiger partial charge in [0.15, 0.2) is 23.3 Å². The maximum Gasteiger partial charge on any atom is 0.280 e. The normalized spacial score (nSPS) is 14.6. The Morgan fingerprint density at radius 2 is 1.66 bits per heavy atom. The summed E-state index contributed by atoms with van der Waals surface area (Å²) in [7, 11) is 0. The quantitative estimate of drug-likeness (QED) is 0.141. The van der Waals surface area contributed by atoms with Crippen LogP contribution in [0.25, 0.3) is 6.08 Å². The smallest absolute Gasteiger partial charge is 0.280 e. The summed E-state index contributed by atoms with van der Waals surface area (Å²) in [6.07, 6.45) is 1.37. The first-order valence-corrected chi connectivity index (χ1v) is 11.1. The van der Waals surface area contributed by atoms with Gasteiger partial charge in [0.2, 0.25) is 5.82 Å². The molecule has 0 aromatic heterocycles. The van der Waals surface area contributed by atoms with Gasteiger partial charge in [0.1, 0.15) is 18.0 Å². The Morgan fingerprint density at radius 3 is 2.29 bits per heavy atom. The first-order chi connectivity index (χ1) is 16.6. The second-order valence-corrected chi connectivity index (χ2v) is 8.68. The molecule has 3 aromatic carbocycles. The lowest BCUT2D eigenvalue weighted by Crippen LogP contribution is -2.25. The second-order valence-electron chi connectivity index (χ2n) is 7.39. The Bertz CT molecular complexity index is 1400. The van der Waals surface area contributed by atoms with Gasteiger partial charge in [0, 0.05) is 5.02 Å². The Balaban J connectivity index is 1.59. The highest BCUT2D eigenvalue weighted by Gasteiger charge is 2.37. The molecule has 0 unspecified atom stereocenters. The van der Waals surface area contributed by atoms with Crippen LogP contribution in [0.1, 0.15) is 18.1 Å². The summed E-state index contributed by atoms with van der Waals surface area (Å²) in [5.74, 6) is -11.5. The summed E-state index contributed by atoms with van der Waals surface area (Å²) in [5, 5.41) is 4.45. The van der Waals surface area contributed by atoms with E-state index in [1.54, 1.807) is 36.4 Å². The standard InChI is InChI=1S/C24H13BrClF5N2O2/c1-11-15(24(34)33(32-11)23-21(30)19(28)18(27)20(29)22(23)31)8-12-5-6-17(16(25)9-12)35-10-13-3-2-4-14(26)7-13/h2-9H,10H2,1H3/b15-8-. The molecule has 0 N–H and O–H groups in total. The number of rotatable bonds is 5. The van der Waals surface area contributed by atoms with Gasteiger partial charge in [-0.05, 0) is 64.3 Å². The Morgan fingerprint density at radius 1 is 1.00 bits per heavy atom. The highest BCUT2D eigenvalue weighted by molar-refractivity contribution is 9.10. The third kappa shape index (κ3) is 4.81. The van der Waals surface area contributed by atoms with Crippen LogP contribution in [-0.2, 0) is 11.4 Å². The Kier molecular flexibility index (Phi) is 6.95. The summed E-state index contributed by atoms with van der Waals surface area (Å²) in [4.78, 5) is 12.8. The van der Waals surface area contributed by atoms with Crippen LogP contribution in [0, 0.1) is 29.1 Å². The molecule has 1 amide bonds. The van der Waals surface area contributed by atoms with E-state index in [1.807, 2.05) is 6.07 Å². The monoisotopic (exact) mass is 570 g/mol. The third-order valence-electron chi connectivity index (χ3n) is 5.01. The predicted octanol–water partition coefficient (Wildman–Crippen LogP) is 7.18. The molecule has 180 valence electrons. The van der Waals surface area contributed by atoms with Crippen LogP contribution in [0.2, 0.25) is 5.02 Å². The number of hydrogen-bond donors (Lipinski definition) is 0. The van der Waals surface area contributed by atoms with E-state index < -0.39 is 40.7 Å². The van der Waals surface area contributed by atoms with Crippen LogP contribution >= 0.6 is 27.5 Å².